The molecule has 0 saturated carbocycles. The first-order chi connectivity index (χ1) is 14.3. The molecule has 1 aliphatic heterocycles. The number of rotatable bonds is 7. The minimum Gasteiger partial charge on any atom is -0.384 e. The molecule has 1 aliphatic rings. The maximum atomic E-state index is 11.7. The molecule has 0 aromatic carbocycles. The van der Waals surface area contributed by atoms with E-state index in [1.165, 1.54) is 6.20 Å². The minimum atomic E-state index is -0.517. The van der Waals surface area contributed by atoms with E-state index in [0.717, 1.165) is 31.1 Å². The van der Waals surface area contributed by atoms with Crippen molar-refractivity contribution in [3.8, 4) is 0 Å². The highest BCUT2D eigenvalue weighted by molar-refractivity contribution is 5.98. The Morgan fingerprint density at radius 2 is 1.87 bits per heavy atom. The van der Waals surface area contributed by atoms with Crippen LogP contribution in [0.5, 0.6) is 0 Å². The van der Waals surface area contributed by atoms with Crippen molar-refractivity contribution in [2.24, 2.45) is 11.7 Å². The summed E-state index contributed by atoms with van der Waals surface area (Å²) in [6, 6.07) is 5.66. The third-order valence-corrected chi connectivity index (χ3v) is 4.94. The molecule has 9 heteroatoms. The van der Waals surface area contributed by atoms with Crippen LogP contribution in [0.4, 0.5) is 23.0 Å². The Hall–Kier alpha value is -3.36. The van der Waals surface area contributed by atoms with Crippen molar-refractivity contribution in [2.45, 2.75) is 20.8 Å². The second kappa shape index (κ2) is 9.43. The molecule has 0 unspecified atom stereocenters. The van der Waals surface area contributed by atoms with E-state index in [0.29, 0.717) is 36.1 Å². The summed E-state index contributed by atoms with van der Waals surface area (Å²) in [6.07, 6.45) is 3.22. The van der Waals surface area contributed by atoms with E-state index >= 15 is 0 Å². The lowest BCUT2D eigenvalue weighted by molar-refractivity contribution is -0.129. The Bertz CT molecular complexity index is 891. The number of nitrogens with one attached hydrogen (secondary N) is 2. The number of hydrogen-bond acceptors (Lipinski definition) is 7. The van der Waals surface area contributed by atoms with Gasteiger partial charge in [0.25, 0.3) is 5.91 Å². The first-order valence-electron chi connectivity index (χ1n) is 10.1. The summed E-state index contributed by atoms with van der Waals surface area (Å²) in [5.41, 5.74) is 7.26. The number of carbonyl (C=O) groups is 2. The van der Waals surface area contributed by atoms with Gasteiger partial charge in [0.2, 0.25) is 5.91 Å². The molecule has 0 atom stereocenters. The molecule has 2 aromatic rings. The van der Waals surface area contributed by atoms with Crippen LogP contribution >= 0.6 is 0 Å². The first kappa shape index (κ1) is 21.4. The number of anilines is 4. The Labute approximate surface area is 176 Å². The van der Waals surface area contributed by atoms with Crippen molar-refractivity contribution in [1.29, 1.82) is 0 Å². The van der Waals surface area contributed by atoms with Gasteiger partial charge in [0.05, 0.1) is 23.1 Å². The van der Waals surface area contributed by atoms with Crippen LogP contribution in [-0.2, 0) is 4.79 Å². The van der Waals surface area contributed by atoms with E-state index in [1.807, 2.05) is 17.0 Å². The van der Waals surface area contributed by atoms with E-state index in [2.05, 4.69) is 39.3 Å². The summed E-state index contributed by atoms with van der Waals surface area (Å²) < 4.78 is 0. The number of piperazine rings is 1. The molecular formula is C21H29N7O2. The monoisotopic (exact) mass is 411 g/mol. The van der Waals surface area contributed by atoms with Crippen molar-refractivity contribution < 1.29 is 9.59 Å². The second-order valence-electron chi connectivity index (χ2n) is 7.78. The van der Waals surface area contributed by atoms with E-state index in [9.17, 15) is 9.59 Å². The number of amides is 2. The molecule has 9 nitrogen and oxygen atoms in total. The van der Waals surface area contributed by atoms with Crippen LogP contribution < -0.4 is 21.3 Å². The highest BCUT2D eigenvalue weighted by Crippen LogP contribution is 2.23. The average molecular weight is 412 g/mol. The van der Waals surface area contributed by atoms with Crippen LogP contribution in [0.25, 0.3) is 0 Å². The second-order valence-corrected chi connectivity index (χ2v) is 7.78. The molecule has 1 saturated heterocycles. The SMILES string of the molecule is CC(=O)N1CCN(c2ccc(Nc3cc(NCC(C)C)c(C(N)=O)cn3)cn2)CC1. The van der Waals surface area contributed by atoms with E-state index in [-0.39, 0.29) is 5.91 Å². The predicted octanol–water partition coefficient (Wildman–Crippen LogP) is 2.06. The van der Waals surface area contributed by atoms with Gasteiger partial charge in [-0.05, 0) is 18.1 Å². The van der Waals surface area contributed by atoms with Crippen LogP contribution in [-0.4, -0.2) is 59.4 Å². The lowest BCUT2D eigenvalue weighted by atomic mass is 10.2. The normalized spacial score (nSPS) is 14.0. The third-order valence-electron chi connectivity index (χ3n) is 4.94. The third kappa shape index (κ3) is 5.37. The van der Waals surface area contributed by atoms with Gasteiger partial charge in [-0.2, -0.15) is 0 Å². The topological polar surface area (TPSA) is 116 Å². The quantitative estimate of drug-likeness (QED) is 0.638. The molecule has 2 amide bonds. The zero-order valence-electron chi connectivity index (χ0n) is 17.7. The Kier molecular flexibility index (Phi) is 6.71. The average Bonchev–Trinajstić information content (AvgIpc) is 2.73. The summed E-state index contributed by atoms with van der Waals surface area (Å²) in [4.78, 5) is 36.0. The standard InChI is InChI=1S/C21H29N7O2/c1-14(2)11-23-18-10-19(24-13-17(18)21(22)30)26-16-4-5-20(25-12-16)28-8-6-27(7-9-28)15(3)29/h4-5,10,12-14H,6-9,11H2,1-3H3,(H2,22,30)(H2,23,24,26). The highest BCUT2D eigenvalue weighted by Gasteiger charge is 2.19. The number of hydrogen-bond donors (Lipinski definition) is 3. The zero-order chi connectivity index (χ0) is 21.7. The Morgan fingerprint density at radius 3 is 2.43 bits per heavy atom. The van der Waals surface area contributed by atoms with Gasteiger partial charge in [-0.3, -0.25) is 9.59 Å². The number of primary amides is 1. The number of nitrogens with two attached hydrogens (primary N) is 1. The Balaban J connectivity index is 1.67. The van der Waals surface area contributed by atoms with Crippen molar-refractivity contribution in [3.05, 3.63) is 36.2 Å². The summed E-state index contributed by atoms with van der Waals surface area (Å²) in [6.45, 7) is 9.44. The zero-order valence-corrected chi connectivity index (χ0v) is 17.7. The van der Waals surface area contributed by atoms with Gasteiger partial charge < -0.3 is 26.2 Å². The molecular weight excluding hydrogens is 382 g/mol. The number of nitrogens with zero attached hydrogens (tertiary/aromatic N) is 4. The smallest absolute Gasteiger partial charge is 0.252 e. The van der Waals surface area contributed by atoms with Crippen LogP contribution in [0.1, 0.15) is 31.1 Å². The summed E-state index contributed by atoms with van der Waals surface area (Å²) in [7, 11) is 0. The maximum Gasteiger partial charge on any atom is 0.252 e. The van der Waals surface area contributed by atoms with Gasteiger partial charge >= 0.3 is 0 Å². The van der Waals surface area contributed by atoms with Crippen LogP contribution in [0.2, 0.25) is 0 Å². The first-order valence-corrected chi connectivity index (χ1v) is 10.1. The summed E-state index contributed by atoms with van der Waals surface area (Å²) in [5.74, 6) is 1.48. The van der Waals surface area contributed by atoms with E-state index in [4.69, 9.17) is 5.73 Å². The van der Waals surface area contributed by atoms with Crippen LogP contribution in [0.3, 0.4) is 0 Å². The van der Waals surface area contributed by atoms with Gasteiger partial charge in [0.15, 0.2) is 0 Å². The number of carbonyl (C=O) groups excluding carboxylic acids is 2. The fraction of sp³-hybridized carbons (Fsp3) is 0.429. The van der Waals surface area contributed by atoms with Gasteiger partial charge in [0.1, 0.15) is 11.6 Å². The molecule has 0 spiro atoms. The molecule has 4 N–H and O–H groups in total. The van der Waals surface area contributed by atoms with E-state index < -0.39 is 5.91 Å². The lowest BCUT2D eigenvalue weighted by Crippen LogP contribution is -2.48. The highest BCUT2D eigenvalue weighted by atomic mass is 16.2. The maximum absolute atomic E-state index is 11.7. The molecule has 30 heavy (non-hydrogen) atoms. The molecule has 0 aliphatic carbocycles. The summed E-state index contributed by atoms with van der Waals surface area (Å²) >= 11 is 0. The number of aromatic nitrogens is 2. The van der Waals surface area contributed by atoms with Gasteiger partial charge in [-0.25, -0.2) is 9.97 Å². The molecule has 160 valence electrons. The van der Waals surface area contributed by atoms with E-state index in [1.54, 1.807) is 19.2 Å². The van der Waals surface area contributed by atoms with Crippen molar-refractivity contribution >= 4 is 34.8 Å². The lowest BCUT2D eigenvalue weighted by Gasteiger charge is -2.34. The largest absolute Gasteiger partial charge is 0.384 e. The molecule has 1 fully saturated rings. The summed E-state index contributed by atoms with van der Waals surface area (Å²) in [5, 5.41) is 6.47. The molecule has 0 radical (unpaired) electrons. The van der Waals surface area contributed by atoms with Gasteiger partial charge in [0, 0.05) is 51.9 Å². The minimum absolute atomic E-state index is 0.110. The molecule has 3 heterocycles. The number of pyridine rings is 2. The van der Waals surface area contributed by atoms with Crippen LogP contribution in [0.15, 0.2) is 30.6 Å². The molecule has 0 bridgehead atoms. The van der Waals surface area contributed by atoms with Crippen molar-refractivity contribution in [1.82, 2.24) is 14.9 Å². The van der Waals surface area contributed by atoms with Crippen LogP contribution in [0, 0.1) is 5.92 Å². The predicted molar refractivity (Wildman–Crippen MR) is 118 cm³/mol. The fourth-order valence-corrected chi connectivity index (χ4v) is 3.23. The van der Waals surface area contributed by atoms with Gasteiger partial charge in [-0.1, -0.05) is 13.8 Å². The van der Waals surface area contributed by atoms with Crippen molar-refractivity contribution in [2.75, 3.05) is 48.3 Å². The fourth-order valence-electron chi connectivity index (χ4n) is 3.23. The van der Waals surface area contributed by atoms with Gasteiger partial charge in [-0.15, -0.1) is 0 Å². The Morgan fingerprint density at radius 1 is 1.13 bits per heavy atom. The molecule has 3 rings (SSSR count). The van der Waals surface area contributed by atoms with Crippen molar-refractivity contribution in [3.63, 3.8) is 0 Å². The molecule has 2 aromatic heterocycles.